The van der Waals surface area contributed by atoms with Crippen LogP contribution in [-0.2, 0) is 17.8 Å². The van der Waals surface area contributed by atoms with Gasteiger partial charge < -0.3 is 10.5 Å². The summed E-state index contributed by atoms with van der Waals surface area (Å²) >= 11 is 0. The Hall–Kier alpha value is -2.32. The molecule has 5 heteroatoms. The number of rotatable bonds is 0. The first-order valence-electron chi connectivity index (χ1n) is 6.13. The summed E-state index contributed by atoms with van der Waals surface area (Å²) in [4.78, 5) is 4.00. The largest absolute Gasteiger partial charge is 0.384 e. The molecular formula is C14H14N4O. The fraction of sp³-hybridized carbons (Fsp3) is 0.286. The molecule has 0 bridgehead atoms. The monoisotopic (exact) mass is 254 g/mol. The van der Waals surface area contributed by atoms with Crippen molar-refractivity contribution in [1.82, 2.24) is 15.2 Å². The minimum absolute atomic E-state index is 0.232. The maximum absolute atomic E-state index is 5.61. The Kier molecular flexibility index (Phi) is 2.94. The number of nitrogens with zero attached hydrogens (tertiary/aromatic N) is 2. The van der Waals surface area contributed by atoms with E-state index in [9.17, 15) is 0 Å². The van der Waals surface area contributed by atoms with Gasteiger partial charge in [0, 0.05) is 29.4 Å². The van der Waals surface area contributed by atoms with Crippen LogP contribution >= 0.6 is 0 Å². The molecule has 0 aromatic carbocycles. The molecule has 0 radical (unpaired) electrons. The number of hydrogen-bond donors (Lipinski definition) is 2. The number of aromatic nitrogens is 3. The van der Waals surface area contributed by atoms with E-state index in [1.807, 2.05) is 6.07 Å². The molecule has 0 aliphatic carbocycles. The summed E-state index contributed by atoms with van der Waals surface area (Å²) in [5, 5.41) is 7.28. The van der Waals surface area contributed by atoms with Gasteiger partial charge in [-0.25, -0.2) is 4.98 Å². The summed E-state index contributed by atoms with van der Waals surface area (Å²) in [5.74, 6) is 6.57. The van der Waals surface area contributed by atoms with Gasteiger partial charge in [0.2, 0.25) is 0 Å². The summed E-state index contributed by atoms with van der Waals surface area (Å²) < 4.78 is 5.61. The average Bonchev–Trinajstić information content (AvgIpc) is 2.80. The zero-order valence-electron chi connectivity index (χ0n) is 10.6. The predicted octanol–water partition coefficient (Wildman–Crippen LogP) is 1.25. The highest BCUT2D eigenvalue weighted by atomic mass is 16.5. The molecule has 19 heavy (non-hydrogen) atoms. The second-order valence-corrected chi connectivity index (χ2v) is 4.58. The van der Waals surface area contributed by atoms with Crippen LogP contribution in [0.1, 0.15) is 29.4 Å². The molecule has 3 N–H and O–H groups in total. The third-order valence-electron chi connectivity index (χ3n) is 3.07. The predicted molar refractivity (Wildman–Crippen MR) is 71.2 cm³/mol. The molecule has 0 saturated heterocycles. The van der Waals surface area contributed by atoms with Gasteiger partial charge in [-0.15, -0.1) is 0 Å². The number of nitrogens with one attached hydrogen (secondary N) is 1. The van der Waals surface area contributed by atoms with E-state index in [0.29, 0.717) is 12.4 Å². The van der Waals surface area contributed by atoms with Crippen LogP contribution in [0.2, 0.25) is 0 Å². The van der Waals surface area contributed by atoms with E-state index in [0.717, 1.165) is 28.9 Å². The van der Waals surface area contributed by atoms with Gasteiger partial charge in [0.05, 0.1) is 12.7 Å². The Morgan fingerprint density at radius 1 is 1.42 bits per heavy atom. The molecule has 3 rings (SSSR count). The summed E-state index contributed by atoms with van der Waals surface area (Å²) in [6.07, 6.45) is 2.74. The molecule has 1 aliphatic heterocycles. The lowest BCUT2D eigenvalue weighted by atomic mass is 10.1. The number of nitrogen functional groups attached to an aromatic ring is 1. The molecule has 5 nitrogen and oxygen atoms in total. The lowest BCUT2D eigenvalue weighted by Gasteiger charge is -2.18. The van der Waals surface area contributed by atoms with Crippen molar-refractivity contribution in [2.75, 3.05) is 5.73 Å². The van der Waals surface area contributed by atoms with E-state index in [4.69, 9.17) is 10.5 Å². The third kappa shape index (κ3) is 2.44. The van der Waals surface area contributed by atoms with Gasteiger partial charge in [0.15, 0.2) is 0 Å². The Morgan fingerprint density at radius 2 is 2.32 bits per heavy atom. The van der Waals surface area contributed by atoms with Gasteiger partial charge >= 0.3 is 0 Å². The normalized spacial score (nSPS) is 17.4. The van der Waals surface area contributed by atoms with Crippen LogP contribution in [0, 0.1) is 11.8 Å². The molecule has 0 amide bonds. The number of nitrogens with two attached hydrogens (primary N) is 1. The molecule has 1 atom stereocenters. The fourth-order valence-electron chi connectivity index (χ4n) is 2.01. The zero-order chi connectivity index (χ0) is 13.2. The van der Waals surface area contributed by atoms with E-state index in [1.54, 1.807) is 12.3 Å². The number of fused-ring (bicyclic) bond motifs is 1. The fourth-order valence-corrected chi connectivity index (χ4v) is 2.01. The highest BCUT2D eigenvalue weighted by Gasteiger charge is 2.20. The van der Waals surface area contributed by atoms with Crippen LogP contribution in [0.15, 0.2) is 18.3 Å². The first kappa shape index (κ1) is 11.8. The van der Waals surface area contributed by atoms with Crippen LogP contribution in [0.4, 0.5) is 5.82 Å². The molecule has 3 heterocycles. The standard InChI is InChI=1S/C14H14N4O/c1-9-6-13-11(8-19-9)12(17-18-13)4-2-10-3-5-14(15)16-7-10/h3,5,7,9H,6,8H2,1H3,(H2,15,16)(H,17,18)/t9-/m1/s1. The molecule has 2 aromatic rings. The van der Waals surface area contributed by atoms with E-state index >= 15 is 0 Å². The van der Waals surface area contributed by atoms with E-state index < -0.39 is 0 Å². The lowest BCUT2D eigenvalue weighted by Crippen LogP contribution is -2.18. The van der Waals surface area contributed by atoms with Crippen molar-refractivity contribution in [3.63, 3.8) is 0 Å². The van der Waals surface area contributed by atoms with Crippen LogP contribution < -0.4 is 5.73 Å². The van der Waals surface area contributed by atoms with Crippen molar-refractivity contribution in [2.24, 2.45) is 0 Å². The van der Waals surface area contributed by atoms with Gasteiger partial charge in [0.1, 0.15) is 11.5 Å². The minimum atomic E-state index is 0.232. The molecular weight excluding hydrogens is 240 g/mol. The van der Waals surface area contributed by atoms with Gasteiger partial charge in [-0.05, 0) is 25.0 Å². The number of hydrogen-bond acceptors (Lipinski definition) is 4. The molecule has 0 fully saturated rings. The second-order valence-electron chi connectivity index (χ2n) is 4.58. The van der Waals surface area contributed by atoms with Gasteiger partial charge in [-0.1, -0.05) is 5.92 Å². The topological polar surface area (TPSA) is 76.8 Å². The maximum Gasteiger partial charge on any atom is 0.141 e. The van der Waals surface area contributed by atoms with Crippen molar-refractivity contribution in [3.8, 4) is 11.8 Å². The van der Waals surface area contributed by atoms with Crippen molar-refractivity contribution in [2.45, 2.75) is 26.1 Å². The lowest BCUT2D eigenvalue weighted by molar-refractivity contribution is 0.0403. The van der Waals surface area contributed by atoms with Crippen molar-refractivity contribution in [3.05, 3.63) is 40.8 Å². The Bertz CT molecular complexity index is 648. The van der Waals surface area contributed by atoms with E-state index in [2.05, 4.69) is 33.9 Å². The third-order valence-corrected chi connectivity index (χ3v) is 3.07. The maximum atomic E-state index is 5.61. The second kappa shape index (κ2) is 4.75. The van der Waals surface area contributed by atoms with Gasteiger partial charge in [0.25, 0.3) is 0 Å². The summed E-state index contributed by atoms with van der Waals surface area (Å²) in [5.41, 5.74) is 9.28. The van der Waals surface area contributed by atoms with Crippen LogP contribution in [0.3, 0.4) is 0 Å². The smallest absolute Gasteiger partial charge is 0.141 e. The summed E-state index contributed by atoms with van der Waals surface area (Å²) in [6, 6.07) is 3.57. The number of ether oxygens (including phenoxy) is 1. The molecule has 2 aromatic heterocycles. The van der Waals surface area contributed by atoms with Crippen molar-refractivity contribution in [1.29, 1.82) is 0 Å². The first-order valence-corrected chi connectivity index (χ1v) is 6.13. The SMILES string of the molecule is C[C@@H]1Cc2[nH]nc(C#Cc3ccc(N)nc3)c2CO1. The number of aromatic amines is 1. The molecule has 0 spiro atoms. The summed E-state index contributed by atoms with van der Waals surface area (Å²) in [6.45, 7) is 2.62. The van der Waals surface area contributed by atoms with Gasteiger partial charge in [-0.2, -0.15) is 5.10 Å². The van der Waals surface area contributed by atoms with Crippen molar-refractivity contribution < 1.29 is 4.74 Å². The van der Waals surface area contributed by atoms with Crippen LogP contribution in [0.5, 0.6) is 0 Å². The van der Waals surface area contributed by atoms with Crippen LogP contribution in [0.25, 0.3) is 0 Å². The molecule has 0 saturated carbocycles. The number of pyridine rings is 1. The highest BCUT2D eigenvalue weighted by Crippen LogP contribution is 2.20. The zero-order valence-corrected chi connectivity index (χ0v) is 10.6. The molecule has 0 unspecified atom stereocenters. The van der Waals surface area contributed by atoms with Crippen LogP contribution in [-0.4, -0.2) is 21.3 Å². The highest BCUT2D eigenvalue weighted by molar-refractivity contribution is 5.45. The summed E-state index contributed by atoms with van der Waals surface area (Å²) in [7, 11) is 0. The first-order chi connectivity index (χ1) is 9.22. The van der Waals surface area contributed by atoms with Gasteiger partial charge in [-0.3, -0.25) is 5.10 Å². The Labute approximate surface area is 111 Å². The van der Waals surface area contributed by atoms with Crippen molar-refractivity contribution >= 4 is 5.82 Å². The Morgan fingerprint density at radius 3 is 3.11 bits per heavy atom. The van der Waals surface area contributed by atoms with E-state index in [-0.39, 0.29) is 6.10 Å². The average molecular weight is 254 g/mol. The quantitative estimate of drug-likeness (QED) is 0.694. The number of anilines is 1. The Balaban J connectivity index is 1.87. The molecule has 96 valence electrons. The van der Waals surface area contributed by atoms with E-state index in [1.165, 1.54) is 0 Å². The minimum Gasteiger partial charge on any atom is -0.384 e. The molecule has 1 aliphatic rings. The number of H-pyrrole nitrogens is 1.